The molecule has 0 heterocycles. The molecule has 0 aliphatic carbocycles. The normalized spacial score (nSPS) is 13.3. The third kappa shape index (κ3) is 59.8. The molecule has 0 spiro atoms. The molecule has 1 atom stereocenters. The number of carbonyl (C=O) groups excluding carboxylic acids is 3. The second-order valence-corrected chi connectivity index (χ2v) is 19.1. The highest BCUT2D eigenvalue weighted by atomic mass is 16.6. The van der Waals surface area contributed by atoms with Crippen LogP contribution >= 0.6 is 0 Å². The lowest BCUT2D eigenvalue weighted by Crippen LogP contribution is -2.30. The van der Waals surface area contributed by atoms with Gasteiger partial charge in [0.15, 0.2) is 6.10 Å². The van der Waals surface area contributed by atoms with Gasteiger partial charge in [-0.3, -0.25) is 14.4 Å². The van der Waals surface area contributed by atoms with Gasteiger partial charge >= 0.3 is 17.9 Å². The first-order valence-corrected chi connectivity index (χ1v) is 30.0. The highest BCUT2D eigenvalue weighted by Gasteiger charge is 2.19. The van der Waals surface area contributed by atoms with Gasteiger partial charge in [-0.25, -0.2) is 0 Å². The van der Waals surface area contributed by atoms with Crippen LogP contribution < -0.4 is 0 Å². The molecule has 6 nitrogen and oxygen atoms in total. The van der Waals surface area contributed by atoms with Gasteiger partial charge in [-0.15, -0.1) is 0 Å². The Labute approximate surface area is 460 Å². The fourth-order valence-corrected chi connectivity index (χ4v) is 7.58. The fraction of sp³-hybridized carbons (Fsp3) is 0.580. The van der Waals surface area contributed by atoms with E-state index in [9.17, 15) is 14.4 Å². The summed E-state index contributed by atoms with van der Waals surface area (Å²) in [6.45, 7) is 6.30. The highest BCUT2D eigenvalue weighted by molar-refractivity contribution is 5.71. The quantitative estimate of drug-likeness (QED) is 0.0261. The van der Waals surface area contributed by atoms with Gasteiger partial charge in [0.25, 0.3) is 0 Å². The second-order valence-electron chi connectivity index (χ2n) is 19.1. The number of allylic oxidation sites excluding steroid dienone is 26. The maximum Gasteiger partial charge on any atom is 0.306 e. The summed E-state index contributed by atoms with van der Waals surface area (Å²) >= 11 is 0. The van der Waals surface area contributed by atoms with Gasteiger partial charge in [-0.1, -0.05) is 243 Å². The summed E-state index contributed by atoms with van der Waals surface area (Å²) < 4.78 is 16.8. The minimum Gasteiger partial charge on any atom is -0.462 e. The molecule has 0 aromatic carbocycles. The highest BCUT2D eigenvalue weighted by Crippen LogP contribution is 2.13. The molecule has 0 aromatic heterocycles. The summed E-state index contributed by atoms with van der Waals surface area (Å²) in [7, 11) is 0. The molecule has 0 fully saturated rings. The van der Waals surface area contributed by atoms with Crippen molar-refractivity contribution >= 4 is 17.9 Å². The lowest BCUT2D eigenvalue weighted by atomic mass is 10.1. The molecule has 0 saturated heterocycles. The van der Waals surface area contributed by atoms with Crippen LogP contribution in [-0.4, -0.2) is 37.2 Å². The van der Waals surface area contributed by atoms with Crippen molar-refractivity contribution < 1.29 is 28.6 Å². The Morgan fingerprint density at radius 3 is 0.880 bits per heavy atom. The molecule has 6 heteroatoms. The van der Waals surface area contributed by atoms with Crippen molar-refractivity contribution in [1.29, 1.82) is 0 Å². The maximum atomic E-state index is 12.8. The van der Waals surface area contributed by atoms with Crippen LogP contribution in [0, 0.1) is 0 Å². The predicted molar refractivity (Wildman–Crippen MR) is 325 cm³/mol. The van der Waals surface area contributed by atoms with E-state index in [1.165, 1.54) is 51.4 Å². The van der Waals surface area contributed by atoms with Crippen LogP contribution in [-0.2, 0) is 28.6 Å². The van der Waals surface area contributed by atoms with Crippen LogP contribution in [0.4, 0.5) is 0 Å². The molecule has 0 aliphatic rings. The summed E-state index contributed by atoms with van der Waals surface area (Å²) in [5, 5.41) is 0. The molecule has 1 unspecified atom stereocenters. The number of hydrogen-bond acceptors (Lipinski definition) is 6. The van der Waals surface area contributed by atoms with E-state index in [4.69, 9.17) is 14.2 Å². The summed E-state index contributed by atoms with van der Waals surface area (Å²) in [4.78, 5) is 38.2. The Balaban J connectivity index is 4.51. The molecule has 0 bridgehead atoms. The first kappa shape index (κ1) is 70.0. The Morgan fingerprint density at radius 2 is 0.547 bits per heavy atom. The van der Waals surface area contributed by atoms with Crippen molar-refractivity contribution in [3.8, 4) is 0 Å². The van der Waals surface area contributed by atoms with E-state index < -0.39 is 12.1 Å². The molecule has 0 aromatic rings. The molecule has 420 valence electrons. The lowest BCUT2D eigenvalue weighted by Gasteiger charge is -2.18. The average Bonchev–Trinajstić information content (AvgIpc) is 3.41. The van der Waals surface area contributed by atoms with Crippen molar-refractivity contribution in [2.24, 2.45) is 0 Å². The Bertz CT molecular complexity index is 1710. The summed E-state index contributed by atoms with van der Waals surface area (Å²) in [5.41, 5.74) is 0. The van der Waals surface area contributed by atoms with Gasteiger partial charge in [0.05, 0.1) is 0 Å². The third-order valence-corrected chi connectivity index (χ3v) is 12.0. The van der Waals surface area contributed by atoms with Gasteiger partial charge in [-0.05, 0) is 135 Å². The third-order valence-electron chi connectivity index (χ3n) is 12.0. The summed E-state index contributed by atoms with van der Waals surface area (Å²) in [6, 6.07) is 0. The molecule has 0 radical (unpaired) electrons. The monoisotopic (exact) mass is 1030 g/mol. The number of carbonyl (C=O) groups is 3. The van der Waals surface area contributed by atoms with Crippen LogP contribution in [0.25, 0.3) is 0 Å². The summed E-state index contributed by atoms with van der Waals surface area (Å²) in [6.07, 6.45) is 89.6. The van der Waals surface area contributed by atoms with E-state index in [0.29, 0.717) is 19.3 Å². The molecule has 0 aliphatic heterocycles. The van der Waals surface area contributed by atoms with Crippen molar-refractivity contribution in [2.75, 3.05) is 13.2 Å². The SMILES string of the molecule is CC/C=C\C/C=C\C/C=C\C/C=C\C/C=C\C/C=C\CCCCCCCCC(=O)OCC(COC(=O)CCCCCCC/C=C\CCCCCC)OC(=O)CC/C=C\C/C=C\C/C=C\C/C=C\C/C=C\C/C=C\CC. The first-order chi connectivity index (χ1) is 37.0. The number of ether oxygens (including phenoxy) is 3. The number of hydrogen-bond donors (Lipinski definition) is 0. The zero-order chi connectivity index (χ0) is 54.3. The molecule has 75 heavy (non-hydrogen) atoms. The standard InChI is InChI=1S/C69H108O6/c1-4-7-10-13-16-19-22-25-27-29-31-32-33-34-35-36-38-39-41-44-47-50-53-56-59-62-68(71)74-65-66(64-73-67(70)61-58-55-52-49-46-43-24-21-18-15-12-9-6-3)75-69(72)63-60-57-54-51-48-45-42-40-37-30-28-26-23-20-17-14-11-8-5-2/h7-8,10-11,16-17,19-21,24-28,31-32,34-35,37-40,45,48,54,57,66H,4-6,9,12-15,18,22-23,29-30,33,36,41-44,46-47,49-53,55-56,58-65H2,1-3H3/b10-7-,11-8-,19-16-,20-17-,24-21-,27-25-,28-26-,32-31-,35-34-,39-38-,40-37-,48-45-,57-54-. The number of esters is 3. The van der Waals surface area contributed by atoms with Crippen molar-refractivity contribution in [2.45, 2.75) is 245 Å². The first-order valence-electron chi connectivity index (χ1n) is 30.0. The molecule has 0 amide bonds. The van der Waals surface area contributed by atoms with Crippen LogP contribution in [0.15, 0.2) is 158 Å². The van der Waals surface area contributed by atoms with E-state index in [0.717, 1.165) is 141 Å². The van der Waals surface area contributed by atoms with Gasteiger partial charge in [-0.2, -0.15) is 0 Å². The molecule has 0 N–H and O–H groups in total. The Hall–Kier alpha value is -4.97. The van der Waals surface area contributed by atoms with Crippen molar-refractivity contribution in [3.05, 3.63) is 158 Å². The largest absolute Gasteiger partial charge is 0.462 e. The van der Waals surface area contributed by atoms with E-state index >= 15 is 0 Å². The fourth-order valence-electron chi connectivity index (χ4n) is 7.58. The van der Waals surface area contributed by atoms with Crippen LogP contribution in [0.5, 0.6) is 0 Å². The molecular weight excluding hydrogens is 925 g/mol. The Morgan fingerprint density at radius 1 is 0.280 bits per heavy atom. The van der Waals surface area contributed by atoms with Gasteiger partial charge < -0.3 is 14.2 Å². The van der Waals surface area contributed by atoms with Gasteiger partial charge in [0.1, 0.15) is 13.2 Å². The predicted octanol–water partition coefficient (Wildman–Crippen LogP) is 20.5. The van der Waals surface area contributed by atoms with E-state index in [1.807, 2.05) is 12.2 Å². The number of unbranched alkanes of at least 4 members (excludes halogenated alkanes) is 15. The molecular formula is C69H108O6. The van der Waals surface area contributed by atoms with E-state index in [1.54, 1.807) is 0 Å². The van der Waals surface area contributed by atoms with Crippen molar-refractivity contribution in [1.82, 2.24) is 0 Å². The van der Waals surface area contributed by atoms with Gasteiger partial charge in [0.2, 0.25) is 0 Å². The Kier molecular flexibility index (Phi) is 57.5. The smallest absolute Gasteiger partial charge is 0.306 e. The number of rotatable bonds is 52. The van der Waals surface area contributed by atoms with Crippen LogP contribution in [0.3, 0.4) is 0 Å². The van der Waals surface area contributed by atoms with Crippen LogP contribution in [0.2, 0.25) is 0 Å². The minimum absolute atomic E-state index is 0.124. The van der Waals surface area contributed by atoms with Crippen molar-refractivity contribution in [3.63, 3.8) is 0 Å². The van der Waals surface area contributed by atoms with E-state index in [2.05, 4.69) is 167 Å². The second kappa shape index (κ2) is 61.6. The maximum absolute atomic E-state index is 12.8. The lowest BCUT2D eigenvalue weighted by molar-refractivity contribution is -0.166. The molecule has 0 saturated carbocycles. The van der Waals surface area contributed by atoms with Crippen LogP contribution in [0.1, 0.15) is 239 Å². The zero-order valence-corrected chi connectivity index (χ0v) is 48.0. The zero-order valence-electron chi connectivity index (χ0n) is 48.0. The van der Waals surface area contributed by atoms with E-state index in [-0.39, 0.29) is 31.6 Å². The molecule has 0 rings (SSSR count). The topological polar surface area (TPSA) is 78.9 Å². The minimum atomic E-state index is -0.837. The van der Waals surface area contributed by atoms with Gasteiger partial charge in [0, 0.05) is 19.3 Å². The summed E-state index contributed by atoms with van der Waals surface area (Å²) in [5.74, 6) is -1.04. The average molecular weight is 1030 g/mol.